The van der Waals surface area contributed by atoms with E-state index in [1.807, 2.05) is 24.3 Å². The molecule has 0 radical (unpaired) electrons. The van der Waals surface area contributed by atoms with Gasteiger partial charge in [0.1, 0.15) is 0 Å². The molecule has 0 spiro atoms. The lowest BCUT2D eigenvalue weighted by molar-refractivity contribution is 0.0927. The zero-order chi connectivity index (χ0) is 9.26. The van der Waals surface area contributed by atoms with Crippen LogP contribution in [0.5, 0.6) is 0 Å². The van der Waals surface area contributed by atoms with Crippen molar-refractivity contribution in [2.45, 2.75) is 12.5 Å². The van der Waals surface area contributed by atoms with Crippen LogP contribution in [-0.2, 0) is 6.42 Å². The second-order valence-electron chi connectivity index (χ2n) is 3.27. The van der Waals surface area contributed by atoms with Crippen molar-refractivity contribution < 1.29 is 4.79 Å². The van der Waals surface area contributed by atoms with Crippen molar-refractivity contribution >= 4 is 5.91 Å². The Morgan fingerprint density at radius 2 is 2.23 bits per heavy atom. The van der Waals surface area contributed by atoms with E-state index in [0.717, 1.165) is 17.5 Å². The fourth-order valence-electron chi connectivity index (χ4n) is 1.64. The van der Waals surface area contributed by atoms with E-state index in [2.05, 4.69) is 5.32 Å². The molecule has 13 heavy (non-hydrogen) atoms. The number of fused-ring (bicyclic) bond motifs is 1. The Kier molecular flexibility index (Phi) is 2.02. The number of amides is 1. The van der Waals surface area contributed by atoms with Crippen LogP contribution in [0.25, 0.3) is 0 Å². The van der Waals surface area contributed by atoms with Crippen LogP contribution in [-0.4, -0.2) is 18.5 Å². The molecule has 1 heterocycles. The number of carbonyl (C=O) groups is 1. The highest BCUT2D eigenvalue weighted by Gasteiger charge is 2.21. The number of nitrogens with two attached hydrogens (primary N) is 1. The minimum Gasteiger partial charge on any atom is -0.348 e. The van der Waals surface area contributed by atoms with E-state index in [9.17, 15) is 4.79 Å². The predicted molar refractivity (Wildman–Crippen MR) is 50.5 cm³/mol. The van der Waals surface area contributed by atoms with Gasteiger partial charge in [-0.3, -0.25) is 4.79 Å². The smallest absolute Gasteiger partial charge is 0.251 e. The standard InChI is InChI=1S/C10H12N2O/c11-6-8-5-7-3-1-2-4-9(7)10(13)12-8/h1-4,8H,5-6,11H2,(H,12,13). The largest absolute Gasteiger partial charge is 0.348 e. The number of nitrogens with one attached hydrogen (secondary N) is 1. The maximum absolute atomic E-state index is 11.5. The zero-order valence-electron chi connectivity index (χ0n) is 7.29. The molecule has 1 aromatic carbocycles. The van der Waals surface area contributed by atoms with Crippen molar-refractivity contribution in [2.75, 3.05) is 6.54 Å². The normalized spacial score (nSPS) is 20.7. The van der Waals surface area contributed by atoms with E-state index in [0.29, 0.717) is 6.54 Å². The maximum Gasteiger partial charge on any atom is 0.251 e. The van der Waals surface area contributed by atoms with Gasteiger partial charge in [0, 0.05) is 18.2 Å². The quantitative estimate of drug-likeness (QED) is 0.646. The Bertz CT molecular complexity index is 335. The number of rotatable bonds is 1. The van der Waals surface area contributed by atoms with Crippen LogP contribution in [0.1, 0.15) is 15.9 Å². The van der Waals surface area contributed by atoms with Crippen LogP contribution in [0.2, 0.25) is 0 Å². The van der Waals surface area contributed by atoms with Gasteiger partial charge >= 0.3 is 0 Å². The van der Waals surface area contributed by atoms with E-state index < -0.39 is 0 Å². The molecule has 0 fully saturated rings. The summed E-state index contributed by atoms with van der Waals surface area (Å²) in [6.07, 6.45) is 0.846. The Labute approximate surface area is 76.9 Å². The van der Waals surface area contributed by atoms with Gasteiger partial charge in [-0.25, -0.2) is 0 Å². The number of hydrogen-bond acceptors (Lipinski definition) is 2. The summed E-state index contributed by atoms with van der Waals surface area (Å²) in [4.78, 5) is 11.5. The summed E-state index contributed by atoms with van der Waals surface area (Å²) in [5, 5.41) is 2.86. The molecule has 1 atom stereocenters. The first-order valence-electron chi connectivity index (χ1n) is 4.40. The molecular formula is C10H12N2O. The Hall–Kier alpha value is -1.35. The molecule has 3 heteroatoms. The molecule has 3 nitrogen and oxygen atoms in total. The van der Waals surface area contributed by atoms with Crippen LogP contribution in [0, 0.1) is 0 Å². The lowest BCUT2D eigenvalue weighted by atomic mass is 9.95. The van der Waals surface area contributed by atoms with E-state index >= 15 is 0 Å². The van der Waals surface area contributed by atoms with Crippen molar-refractivity contribution in [3.8, 4) is 0 Å². The van der Waals surface area contributed by atoms with Crippen molar-refractivity contribution in [3.05, 3.63) is 35.4 Å². The van der Waals surface area contributed by atoms with Gasteiger partial charge in [-0.15, -0.1) is 0 Å². The van der Waals surface area contributed by atoms with Crippen molar-refractivity contribution in [3.63, 3.8) is 0 Å². The van der Waals surface area contributed by atoms with E-state index in [4.69, 9.17) is 5.73 Å². The van der Waals surface area contributed by atoms with Crippen molar-refractivity contribution in [2.24, 2.45) is 5.73 Å². The lowest BCUT2D eigenvalue weighted by Crippen LogP contribution is -2.45. The minimum absolute atomic E-state index is 0.00250. The molecule has 2 rings (SSSR count). The molecule has 0 aromatic heterocycles. The van der Waals surface area contributed by atoms with Crippen molar-refractivity contribution in [1.29, 1.82) is 0 Å². The zero-order valence-corrected chi connectivity index (χ0v) is 7.29. The first-order valence-corrected chi connectivity index (χ1v) is 4.40. The Balaban J connectivity index is 2.37. The molecule has 3 N–H and O–H groups in total. The molecule has 68 valence electrons. The predicted octanol–water partition coefficient (Wildman–Crippen LogP) is 0.300. The number of carbonyl (C=O) groups excluding carboxylic acids is 1. The molecule has 1 unspecified atom stereocenters. The van der Waals surface area contributed by atoms with Crippen molar-refractivity contribution in [1.82, 2.24) is 5.32 Å². The molecule has 1 amide bonds. The van der Waals surface area contributed by atoms with Gasteiger partial charge in [0.2, 0.25) is 0 Å². The molecule has 0 aliphatic carbocycles. The fourth-order valence-corrected chi connectivity index (χ4v) is 1.64. The van der Waals surface area contributed by atoms with Crippen LogP contribution < -0.4 is 11.1 Å². The van der Waals surface area contributed by atoms with Gasteiger partial charge in [0.15, 0.2) is 0 Å². The third-order valence-corrected chi connectivity index (χ3v) is 2.35. The van der Waals surface area contributed by atoms with Crippen LogP contribution in [0.4, 0.5) is 0 Å². The first kappa shape index (κ1) is 8.26. The Morgan fingerprint density at radius 1 is 1.46 bits per heavy atom. The summed E-state index contributed by atoms with van der Waals surface area (Å²) in [6, 6.07) is 7.75. The summed E-state index contributed by atoms with van der Waals surface area (Å²) in [6.45, 7) is 0.500. The molecule has 0 saturated carbocycles. The summed E-state index contributed by atoms with van der Waals surface area (Å²) in [5.41, 5.74) is 7.39. The van der Waals surface area contributed by atoms with Gasteiger partial charge < -0.3 is 11.1 Å². The van der Waals surface area contributed by atoms with E-state index in [1.54, 1.807) is 0 Å². The average Bonchev–Trinajstić information content (AvgIpc) is 2.18. The highest BCUT2D eigenvalue weighted by atomic mass is 16.1. The summed E-state index contributed by atoms with van der Waals surface area (Å²) in [7, 11) is 0. The van der Waals surface area contributed by atoms with E-state index in [1.165, 1.54) is 0 Å². The average molecular weight is 176 g/mol. The van der Waals surface area contributed by atoms with Crippen LogP contribution in [0.3, 0.4) is 0 Å². The monoisotopic (exact) mass is 176 g/mol. The highest BCUT2D eigenvalue weighted by molar-refractivity contribution is 5.96. The molecule has 0 bridgehead atoms. The topological polar surface area (TPSA) is 55.1 Å². The fraction of sp³-hybridized carbons (Fsp3) is 0.300. The molecule has 1 aliphatic rings. The molecule has 1 aromatic rings. The summed E-state index contributed by atoms with van der Waals surface area (Å²) >= 11 is 0. The molecular weight excluding hydrogens is 164 g/mol. The third kappa shape index (κ3) is 1.42. The van der Waals surface area contributed by atoms with Crippen LogP contribution in [0.15, 0.2) is 24.3 Å². The van der Waals surface area contributed by atoms with Gasteiger partial charge in [-0.2, -0.15) is 0 Å². The maximum atomic E-state index is 11.5. The Morgan fingerprint density at radius 3 is 3.00 bits per heavy atom. The van der Waals surface area contributed by atoms with Gasteiger partial charge in [-0.1, -0.05) is 18.2 Å². The first-order chi connectivity index (χ1) is 6.31. The number of hydrogen-bond donors (Lipinski definition) is 2. The van der Waals surface area contributed by atoms with Gasteiger partial charge in [-0.05, 0) is 18.1 Å². The molecule has 0 saturated heterocycles. The van der Waals surface area contributed by atoms with E-state index in [-0.39, 0.29) is 11.9 Å². The summed E-state index contributed by atoms with van der Waals surface area (Å²) < 4.78 is 0. The van der Waals surface area contributed by atoms with Gasteiger partial charge in [0.05, 0.1) is 0 Å². The summed E-state index contributed by atoms with van der Waals surface area (Å²) in [5.74, 6) is -0.00250. The lowest BCUT2D eigenvalue weighted by Gasteiger charge is -2.24. The second kappa shape index (κ2) is 3.18. The third-order valence-electron chi connectivity index (χ3n) is 2.35. The second-order valence-corrected chi connectivity index (χ2v) is 3.27. The minimum atomic E-state index is -0.00250. The SMILES string of the molecule is NCC1Cc2ccccc2C(=O)N1. The van der Waals surface area contributed by atoms with Crippen LogP contribution >= 0.6 is 0 Å². The molecule has 1 aliphatic heterocycles. The number of benzene rings is 1. The van der Waals surface area contributed by atoms with Gasteiger partial charge in [0.25, 0.3) is 5.91 Å². The highest BCUT2D eigenvalue weighted by Crippen LogP contribution is 2.15.